The van der Waals surface area contributed by atoms with Crippen molar-refractivity contribution in [2.24, 2.45) is 0 Å². The highest BCUT2D eigenvalue weighted by molar-refractivity contribution is 6.31. The minimum absolute atomic E-state index is 0.211. The predicted molar refractivity (Wildman–Crippen MR) is 76.2 cm³/mol. The number of halogens is 1. The second-order valence-electron chi connectivity index (χ2n) is 4.38. The molecule has 2 nitrogen and oxygen atoms in total. The maximum absolute atomic E-state index is 12.0. The molecule has 0 fully saturated rings. The van der Waals surface area contributed by atoms with Crippen molar-refractivity contribution < 1.29 is 9.90 Å². The summed E-state index contributed by atoms with van der Waals surface area (Å²) in [6.45, 7) is 0. The van der Waals surface area contributed by atoms with Gasteiger partial charge in [-0.25, -0.2) is 0 Å². The highest BCUT2D eigenvalue weighted by Gasteiger charge is 2.19. The second kappa shape index (κ2) is 6.50. The standard InChI is InChI=1S/C16H15ClO2/c17-14-9-5-4-8-13(14)16(19)15(18)11-10-12-6-2-1-3-7-12/h1-9,16,19H,10-11H2. The topological polar surface area (TPSA) is 37.3 Å². The van der Waals surface area contributed by atoms with Gasteiger partial charge in [-0.05, 0) is 18.1 Å². The summed E-state index contributed by atoms with van der Waals surface area (Å²) in [6.07, 6.45) is -0.213. The molecule has 0 aromatic heterocycles. The van der Waals surface area contributed by atoms with Crippen LogP contribution >= 0.6 is 11.6 Å². The molecule has 1 N–H and O–H groups in total. The van der Waals surface area contributed by atoms with Crippen molar-refractivity contribution in [2.45, 2.75) is 18.9 Å². The average molecular weight is 275 g/mol. The molecule has 0 heterocycles. The molecule has 3 heteroatoms. The van der Waals surface area contributed by atoms with Gasteiger partial charge in [-0.2, -0.15) is 0 Å². The van der Waals surface area contributed by atoms with E-state index in [9.17, 15) is 9.90 Å². The first kappa shape index (κ1) is 13.8. The number of hydrogen-bond donors (Lipinski definition) is 1. The molecule has 0 spiro atoms. The molecule has 0 bridgehead atoms. The van der Waals surface area contributed by atoms with E-state index in [1.54, 1.807) is 24.3 Å². The Labute approximate surface area is 117 Å². The summed E-state index contributed by atoms with van der Waals surface area (Å²) in [6, 6.07) is 16.6. The van der Waals surface area contributed by atoms with Crippen molar-refractivity contribution >= 4 is 17.4 Å². The van der Waals surface area contributed by atoms with Crippen LogP contribution in [0.4, 0.5) is 0 Å². The van der Waals surface area contributed by atoms with Crippen molar-refractivity contribution in [3.63, 3.8) is 0 Å². The third-order valence-electron chi connectivity index (χ3n) is 3.01. The number of aryl methyl sites for hydroxylation is 1. The molecule has 2 rings (SSSR count). The summed E-state index contributed by atoms with van der Waals surface area (Å²) in [5.41, 5.74) is 1.56. The molecular weight excluding hydrogens is 260 g/mol. The molecule has 0 saturated heterocycles. The molecule has 2 aromatic carbocycles. The van der Waals surface area contributed by atoms with Crippen molar-refractivity contribution in [3.8, 4) is 0 Å². The lowest BCUT2D eigenvalue weighted by atomic mass is 10.00. The van der Waals surface area contributed by atoms with Crippen molar-refractivity contribution in [3.05, 3.63) is 70.7 Å². The van der Waals surface area contributed by atoms with Gasteiger partial charge in [-0.3, -0.25) is 4.79 Å². The molecular formula is C16H15ClO2. The largest absolute Gasteiger partial charge is 0.380 e. The van der Waals surface area contributed by atoms with Crippen LogP contribution in [0, 0.1) is 0 Å². The van der Waals surface area contributed by atoms with Crippen LogP contribution in [0.1, 0.15) is 23.7 Å². The van der Waals surface area contributed by atoms with Crippen LogP contribution in [0.5, 0.6) is 0 Å². The highest BCUT2D eigenvalue weighted by Crippen LogP contribution is 2.24. The van der Waals surface area contributed by atoms with E-state index in [2.05, 4.69) is 0 Å². The molecule has 0 radical (unpaired) electrons. The lowest BCUT2D eigenvalue weighted by Crippen LogP contribution is -2.13. The molecule has 98 valence electrons. The van der Waals surface area contributed by atoms with E-state index in [-0.39, 0.29) is 5.78 Å². The van der Waals surface area contributed by atoms with Crippen LogP contribution in [0.15, 0.2) is 54.6 Å². The fourth-order valence-electron chi connectivity index (χ4n) is 1.92. The Morgan fingerprint density at radius 1 is 1.05 bits per heavy atom. The Balaban J connectivity index is 1.99. The summed E-state index contributed by atoms with van der Waals surface area (Å²) in [7, 11) is 0. The Morgan fingerprint density at radius 2 is 1.68 bits per heavy atom. The molecule has 0 saturated carbocycles. The lowest BCUT2D eigenvalue weighted by Gasteiger charge is -2.11. The zero-order valence-electron chi connectivity index (χ0n) is 10.4. The average Bonchev–Trinajstić information content (AvgIpc) is 2.45. The number of benzene rings is 2. The second-order valence-corrected chi connectivity index (χ2v) is 4.78. The Morgan fingerprint density at radius 3 is 2.37 bits per heavy atom. The quantitative estimate of drug-likeness (QED) is 0.905. The van der Waals surface area contributed by atoms with Crippen LogP contribution in [0.2, 0.25) is 5.02 Å². The van der Waals surface area contributed by atoms with E-state index < -0.39 is 6.10 Å². The maximum Gasteiger partial charge on any atom is 0.166 e. The van der Waals surface area contributed by atoms with Gasteiger partial charge in [0.2, 0.25) is 0 Å². The number of carbonyl (C=O) groups is 1. The number of aliphatic hydroxyl groups excluding tert-OH is 1. The summed E-state index contributed by atoms with van der Waals surface area (Å²) >= 11 is 5.97. The summed E-state index contributed by atoms with van der Waals surface area (Å²) in [5, 5.41) is 10.4. The van der Waals surface area contributed by atoms with Gasteiger partial charge in [0.05, 0.1) is 0 Å². The van der Waals surface area contributed by atoms with Gasteiger partial charge in [0.1, 0.15) is 6.10 Å². The maximum atomic E-state index is 12.0. The van der Waals surface area contributed by atoms with Gasteiger partial charge >= 0.3 is 0 Å². The summed E-state index contributed by atoms with van der Waals surface area (Å²) in [5.74, 6) is -0.211. The van der Waals surface area contributed by atoms with Gasteiger partial charge < -0.3 is 5.11 Å². The first-order valence-electron chi connectivity index (χ1n) is 6.17. The van der Waals surface area contributed by atoms with Gasteiger partial charge in [0.15, 0.2) is 5.78 Å². The van der Waals surface area contributed by atoms with Crippen molar-refractivity contribution in [2.75, 3.05) is 0 Å². The van der Waals surface area contributed by atoms with Crippen LogP contribution in [-0.2, 0) is 11.2 Å². The first-order valence-corrected chi connectivity index (χ1v) is 6.55. The number of carbonyl (C=O) groups excluding carboxylic acids is 1. The van der Waals surface area contributed by atoms with E-state index in [0.717, 1.165) is 5.56 Å². The van der Waals surface area contributed by atoms with E-state index in [0.29, 0.717) is 23.4 Å². The Bertz CT molecular complexity index is 552. The number of rotatable bonds is 5. The van der Waals surface area contributed by atoms with E-state index in [4.69, 9.17) is 11.6 Å². The molecule has 0 amide bonds. The molecule has 19 heavy (non-hydrogen) atoms. The van der Waals surface area contributed by atoms with Gasteiger partial charge in [-0.1, -0.05) is 60.1 Å². The van der Waals surface area contributed by atoms with E-state index >= 15 is 0 Å². The zero-order chi connectivity index (χ0) is 13.7. The summed E-state index contributed by atoms with van der Waals surface area (Å²) in [4.78, 5) is 12.0. The van der Waals surface area contributed by atoms with Crippen LogP contribution in [-0.4, -0.2) is 10.9 Å². The van der Waals surface area contributed by atoms with Gasteiger partial charge in [-0.15, -0.1) is 0 Å². The normalized spacial score (nSPS) is 12.1. The Kier molecular flexibility index (Phi) is 4.72. The highest BCUT2D eigenvalue weighted by atomic mass is 35.5. The zero-order valence-corrected chi connectivity index (χ0v) is 11.2. The van der Waals surface area contributed by atoms with Crippen LogP contribution in [0.3, 0.4) is 0 Å². The molecule has 0 aliphatic rings. The fraction of sp³-hybridized carbons (Fsp3) is 0.188. The smallest absolute Gasteiger partial charge is 0.166 e. The van der Waals surface area contributed by atoms with Crippen molar-refractivity contribution in [1.29, 1.82) is 0 Å². The molecule has 2 aromatic rings. The van der Waals surface area contributed by atoms with E-state index in [1.165, 1.54) is 0 Å². The number of aliphatic hydroxyl groups is 1. The molecule has 1 unspecified atom stereocenters. The number of Topliss-reactive ketones (excluding diaryl/α,β-unsaturated/α-hetero) is 1. The van der Waals surface area contributed by atoms with E-state index in [1.807, 2.05) is 30.3 Å². The lowest BCUT2D eigenvalue weighted by molar-refractivity contribution is -0.127. The molecule has 0 aliphatic carbocycles. The fourth-order valence-corrected chi connectivity index (χ4v) is 2.16. The third kappa shape index (κ3) is 3.66. The minimum Gasteiger partial charge on any atom is -0.380 e. The van der Waals surface area contributed by atoms with Crippen molar-refractivity contribution in [1.82, 2.24) is 0 Å². The first-order chi connectivity index (χ1) is 9.18. The molecule has 1 atom stereocenters. The Hall–Kier alpha value is -1.64. The van der Waals surface area contributed by atoms with Crippen LogP contribution in [0.25, 0.3) is 0 Å². The number of ketones is 1. The van der Waals surface area contributed by atoms with Gasteiger partial charge in [0, 0.05) is 17.0 Å². The molecule has 0 aliphatic heterocycles. The minimum atomic E-state index is -1.14. The third-order valence-corrected chi connectivity index (χ3v) is 3.35. The SMILES string of the molecule is O=C(CCc1ccccc1)C(O)c1ccccc1Cl. The monoisotopic (exact) mass is 274 g/mol. The summed E-state index contributed by atoms with van der Waals surface area (Å²) < 4.78 is 0. The van der Waals surface area contributed by atoms with Gasteiger partial charge in [0.25, 0.3) is 0 Å². The predicted octanol–water partition coefficient (Wildman–Crippen LogP) is 3.58. The number of hydrogen-bond acceptors (Lipinski definition) is 2. The van der Waals surface area contributed by atoms with Crippen LogP contribution < -0.4 is 0 Å².